The molecule has 0 saturated carbocycles. The summed E-state index contributed by atoms with van der Waals surface area (Å²) in [4.78, 5) is 21.1. The van der Waals surface area contributed by atoms with Crippen molar-refractivity contribution in [2.24, 2.45) is 0 Å². The summed E-state index contributed by atoms with van der Waals surface area (Å²) in [7, 11) is 0. The van der Waals surface area contributed by atoms with Gasteiger partial charge in [0.2, 0.25) is 4.96 Å². The molecule has 5 rings (SSSR count). The number of urea groups is 1. The fourth-order valence-electron chi connectivity index (χ4n) is 3.33. The lowest BCUT2D eigenvalue weighted by molar-refractivity contribution is 0.206. The van der Waals surface area contributed by atoms with Crippen molar-refractivity contribution in [2.75, 3.05) is 11.9 Å². The molecular formula is C20H16ClN5OS. The highest BCUT2D eigenvalue weighted by Crippen LogP contribution is 2.30. The predicted molar refractivity (Wildman–Crippen MR) is 111 cm³/mol. The highest BCUT2D eigenvalue weighted by atomic mass is 35.5. The van der Waals surface area contributed by atoms with Gasteiger partial charge in [-0.1, -0.05) is 65.4 Å². The minimum Gasteiger partial charge on any atom is -0.319 e. The minimum absolute atomic E-state index is 0.150. The summed E-state index contributed by atoms with van der Waals surface area (Å²) in [6.07, 6.45) is 0.739. The fourth-order valence-corrected chi connectivity index (χ4v) is 4.63. The Morgan fingerprint density at radius 1 is 1.11 bits per heavy atom. The van der Waals surface area contributed by atoms with E-state index in [0.717, 1.165) is 33.3 Å². The molecule has 2 aromatic heterocycles. The molecule has 0 aliphatic carbocycles. The van der Waals surface area contributed by atoms with Crippen LogP contribution in [0.5, 0.6) is 0 Å². The van der Waals surface area contributed by atoms with Gasteiger partial charge in [0.05, 0.1) is 22.9 Å². The lowest BCUT2D eigenvalue weighted by atomic mass is 10.2. The molecule has 0 bridgehead atoms. The Morgan fingerprint density at radius 3 is 2.71 bits per heavy atom. The molecule has 0 spiro atoms. The smallest absolute Gasteiger partial charge is 0.319 e. The third kappa shape index (κ3) is 3.02. The van der Waals surface area contributed by atoms with Crippen molar-refractivity contribution >= 4 is 39.6 Å². The van der Waals surface area contributed by atoms with Gasteiger partial charge in [-0.15, -0.1) is 5.10 Å². The van der Waals surface area contributed by atoms with Gasteiger partial charge in [0.1, 0.15) is 0 Å². The van der Waals surface area contributed by atoms with Crippen molar-refractivity contribution in [2.45, 2.75) is 13.0 Å². The zero-order chi connectivity index (χ0) is 19.1. The van der Waals surface area contributed by atoms with E-state index in [1.165, 1.54) is 0 Å². The molecule has 1 N–H and O–H groups in total. The topological polar surface area (TPSA) is 62.5 Å². The van der Waals surface area contributed by atoms with E-state index in [2.05, 4.69) is 15.4 Å². The molecule has 0 unspecified atom stereocenters. The quantitative estimate of drug-likeness (QED) is 0.522. The van der Waals surface area contributed by atoms with Crippen molar-refractivity contribution in [1.82, 2.24) is 19.5 Å². The maximum atomic E-state index is 12.6. The van der Waals surface area contributed by atoms with Crippen LogP contribution in [0.1, 0.15) is 10.6 Å². The lowest BCUT2D eigenvalue weighted by Gasteiger charge is -2.26. The summed E-state index contributed by atoms with van der Waals surface area (Å²) in [6, 6.07) is 17.0. The highest BCUT2D eigenvalue weighted by molar-refractivity contribution is 7.17. The van der Waals surface area contributed by atoms with Crippen molar-refractivity contribution in [3.63, 3.8) is 0 Å². The number of thiazole rings is 1. The molecule has 0 saturated heterocycles. The summed E-state index contributed by atoms with van der Waals surface area (Å²) in [5.74, 6) is 0.730. The molecule has 6 nitrogen and oxygen atoms in total. The highest BCUT2D eigenvalue weighted by Gasteiger charge is 2.26. The number of halogens is 1. The molecule has 3 heterocycles. The van der Waals surface area contributed by atoms with Crippen molar-refractivity contribution < 1.29 is 4.79 Å². The number of amides is 2. The van der Waals surface area contributed by atoms with Crippen LogP contribution in [-0.2, 0) is 13.0 Å². The number of nitrogens with one attached hydrogen (secondary N) is 1. The molecule has 0 radical (unpaired) electrons. The van der Waals surface area contributed by atoms with Gasteiger partial charge >= 0.3 is 6.03 Å². The molecule has 0 fully saturated rings. The number of hydrogen-bond acceptors (Lipinski definition) is 4. The van der Waals surface area contributed by atoms with Crippen LogP contribution in [0.25, 0.3) is 16.3 Å². The lowest BCUT2D eigenvalue weighted by Crippen LogP contribution is -2.38. The van der Waals surface area contributed by atoms with Crippen molar-refractivity contribution in [1.29, 1.82) is 0 Å². The van der Waals surface area contributed by atoms with Crippen LogP contribution in [0.2, 0.25) is 5.02 Å². The Balaban J connectivity index is 1.37. The second-order valence-electron chi connectivity index (χ2n) is 6.55. The van der Waals surface area contributed by atoms with E-state index in [0.29, 0.717) is 23.8 Å². The zero-order valence-corrected chi connectivity index (χ0v) is 16.4. The molecule has 2 amide bonds. The van der Waals surface area contributed by atoms with E-state index in [9.17, 15) is 4.79 Å². The number of carbonyl (C=O) groups excluding carboxylic acids is 1. The summed E-state index contributed by atoms with van der Waals surface area (Å²) in [5.41, 5.74) is 2.76. The second-order valence-corrected chi connectivity index (χ2v) is 8.02. The molecule has 140 valence electrons. The first-order valence-corrected chi connectivity index (χ1v) is 10.1. The Labute approximate surface area is 170 Å². The third-order valence-electron chi connectivity index (χ3n) is 4.76. The van der Waals surface area contributed by atoms with Crippen LogP contribution < -0.4 is 5.32 Å². The van der Waals surface area contributed by atoms with Gasteiger partial charge in [-0.3, -0.25) is 0 Å². The Morgan fingerprint density at radius 2 is 1.89 bits per heavy atom. The zero-order valence-electron chi connectivity index (χ0n) is 14.8. The Kier molecular flexibility index (Phi) is 4.26. The van der Waals surface area contributed by atoms with E-state index in [1.807, 2.05) is 47.0 Å². The van der Waals surface area contributed by atoms with E-state index < -0.39 is 0 Å². The van der Waals surface area contributed by atoms with Gasteiger partial charge in [-0.25, -0.2) is 9.31 Å². The fraction of sp³-hybridized carbons (Fsp3) is 0.150. The summed E-state index contributed by atoms with van der Waals surface area (Å²) in [6.45, 7) is 1.16. The SMILES string of the molecule is O=C(Nc1ccccc1Cl)N1CCc2c(sc3nc(-c4ccccc4)nn23)C1. The van der Waals surface area contributed by atoms with E-state index in [-0.39, 0.29) is 6.03 Å². The number of rotatable bonds is 2. The Hall–Kier alpha value is -2.90. The normalized spacial score (nSPS) is 13.5. The number of fused-ring (bicyclic) bond motifs is 3. The number of benzene rings is 2. The van der Waals surface area contributed by atoms with E-state index in [1.54, 1.807) is 28.4 Å². The number of aromatic nitrogens is 3. The average molecular weight is 410 g/mol. The van der Waals surface area contributed by atoms with Gasteiger partial charge in [0.25, 0.3) is 0 Å². The van der Waals surface area contributed by atoms with E-state index >= 15 is 0 Å². The molecule has 4 aromatic rings. The Bertz CT molecular complexity index is 1170. The van der Waals surface area contributed by atoms with Gasteiger partial charge in [0.15, 0.2) is 5.82 Å². The van der Waals surface area contributed by atoms with Gasteiger partial charge in [-0.2, -0.15) is 4.98 Å². The van der Waals surface area contributed by atoms with Crippen molar-refractivity contribution in [3.8, 4) is 11.4 Å². The summed E-state index contributed by atoms with van der Waals surface area (Å²) >= 11 is 7.73. The first kappa shape index (κ1) is 17.2. The standard InChI is InChI=1S/C20H16ClN5OS/c21-14-8-4-5-9-15(14)22-19(27)25-11-10-16-17(12-25)28-20-23-18(24-26(16)20)13-6-2-1-3-7-13/h1-9H,10-12H2,(H,22,27). The number of carbonyl (C=O) groups is 1. The maximum absolute atomic E-state index is 12.6. The monoisotopic (exact) mass is 409 g/mol. The van der Waals surface area contributed by atoms with Crippen LogP contribution >= 0.6 is 22.9 Å². The maximum Gasteiger partial charge on any atom is 0.322 e. The number of nitrogens with zero attached hydrogens (tertiary/aromatic N) is 4. The summed E-state index contributed by atoms with van der Waals surface area (Å²) < 4.78 is 1.92. The summed E-state index contributed by atoms with van der Waals surface area (Å²) in [5, 5.41) is 8.10. The molecular weight excluding hydrogens is 394 g/mol. The molecule has 28 heavy (non-hydrogen) atoms. The molecule has 8 heteroatoms. The molecule has 1 aliphatic rings. The van der Waals surface area contributed by atoms with Crippen molar-refractivity contribution in [3.05, 3.63) is 70.2 Å². The molecule has 2 aromatic carbocycles. The van der Waals surface area contributed by atoms with Gasteiger partial charge < -0.3 is 10.2 Å². The van der Waals surface area contributed by atoms with Crippen LogP contribution in [0.4, 0.5) is 10.5 Å². The second kappa shape index (κ2) is 6.92. The minimum atomic E-state index is -0.150. The van der Waals surface area contributed by atoms with E-state index in [4.69, 9.17) is 11.6 Å². The predicted octanol–water partition coefficient (Wildman–Crippen LogP) is 4.70. The largest absolute Gasteiger partial charge is 0.322 e. The molecule has 1 aliphatic heterocycles. The average Bonchev–Trinajstić information content (AvgIpc) is 3.28. The van der Waals surface area contributed by atoms with Crippen LogP contribution in [0, 0.1) is 0 Å². The van der Waals surface area contributed by atoms with Crippen LogP contribution in [0.15, 0.2) is 54.6 Å². The van der Waals surface area contributed by atoms with Gasteiger partial charge in [0, 0.05) is 23.4 Å². The third-order valence-corrected chi connectivity index (χ3v) is 6.14. The van der Waals surface area contributed by atoms with Crippen LogP contribution in [0.3, 0.4) is 0 Å². The van der Waals surface area contributed by atoms with Crippen LogP contribution in [-0.4, -0.2) is 32.1 Å². The first-order chi connectivity index (χ1) is 13.7. The van der Waals surface area contributed by atoms with Gasteiger partial charge in [-0.05, 0) is 12.1 Å². The number of hydrogen-bond donors (Lipinski definition) is 1. The number of anilines is 1. The number of para-hydroxylation sites is 1. The first-order valence-electron chi connectivity index (χ1n) is 8.92. The molecule has 0 atom stereocenters.